The minimum Gasteiger partial charge on any atom is -0.361 e. The first-order chi connectivity index (χ1) is 8.34. The van der Waals surface area contributed by atoms with Crippen molar-refractivity contribution in [2.24, 2.45) is 0 Å². The van der Waals surface area contributed by atoms with Gasteiger partial charge in [0.15, 0.2) is 0 Å². The summed E-state index contributed by atoms with van der Waals surface area (Å²) in [6, 6.07) is 13.7. The van der Waals surface area contributed by atoms with E-state index >= 15 is 0 Å². The van der Waals surface area contributed by atoms with E-state index in [-0.39, 0.29) is 5.56 Å². The average molecular weight is 224 g/mol. The predicted molar refractivity (Wildman–Crippen MR) is 68.1 cm³/mol. The number of nitrogens with one attached hydrogen (secondary N) is 1. The van der Waals surface area contributed by atoms with Crippen molar-refractivity contribution >= 4 is 10.9 Å². The summed E-state index contributed by atoms with van der Waals surface area (Å²) in [5.74, 6) is 0. The predicted octanol–water partition coefficient (Wildman–Crippen LogP) is 2.38. The van der Waals surface area contributed by atoms with Gasteiger partial charge in [0.2, 0.25) is 0 Å². The van der Waals surface area contributed by atoms with Gasteiger partial charge in [-0.05, 0) is 17.7 Å². The molecule has 84 valence electrons. The Balaban J connectivity index is 2.07. The van der Waals surface area contributed by atoms with Crippen molar-refractivity contribution in [3.63, 3.8) is 0 Å². The lowest BCUT2D eigenvalue weighted by Gasteiger charge is -2.05. The van der Waals surface area contributed by atoms with Crippen molar-refractivity contribution in [2.75, 3.05) is 0 Å². The normalized spacial score (nSPS) is 10.8. The number of benzene rings is 1. The van der Waals surface area contributed by atoms with Gasteiger partial charge in [0.1, 0.15) is 0 Å². The van der Waals surface area contributed by atoms with E-state index in [1.165, 1.54) is 0 Å². The smallest absolute Gasteiger partial charge is 0.260 e. The van der Waals surface area contributed by atoms with E-state index in [9.17, 15) is 4.79 Å². The summed E-state index contributed by atoms with van der Waals surface area (Å²) < 4.78 is 1.73. The highest BCUT2D eigenvalue weighted by Crippen LogP contribution is 2.07. The summed E-state index contributed by atoms with van der Waals surface area (Å²) in [6.45, 7) is 0.612. The van der Waals surface area contributed by atoms with Crippen LogP contribution in [0.1, 0.15) is 5.56 Å². The van der Waals surface area contributed by atoms with Crippen LogP contribution in [0.5, 0.6) is 0 Å². The third-order valence-corrected chi connectivity index (χ3v) is 2.89. The van der Waals surface area contributed by atoms with Gasteiger partial charge in [-0.2, -0.15) is 0 Å². The third-order valence-electron chi connectivity index (χ3n) is 2.89. The molecule has 3 rings (SSSR count). The zero-order chi connectivity index (χ0) is 11.7. The van der Waals surface area contributed by atoms with E-state index in [0.29, 0.717) is 6.54 Å². The Hall–Kier alpha value is -2.29. The molecule has 17 heavy (non-hydrogen) atoms. The van der Waals surface area contributed by atoms with Crippen LogP contribution in [0.3, 0.4) is 0 Å². The van der Waals surface area contributed by atoms with Gasteiger partial charge in [0.25, 0.3) is 5.56 Å². The van der Waals surface area contributed by atoms with Gasteiger partial charge in [-0.1, -0.05) is 30.3 Å². The molecule has 0 fully saturated rings. The summed E-state index contributed by atoms with van der Waals surface area (Å²) >= 11 is 0. The highest BCUT2D eigenvalue weighted by Gasteiger charge is 2.03. The molecule has 0 bridgehead atoms. The molecule has 0 aliphatic rings. The zero-order valence-corrected chi connectivity index (χ0v) is 9.26. The highest BCUT2D eigenvalue weighted by molar-refractivity contribution is 5.77. The number of rotatable bonds is 2. The lowest BCUT2D eigenvalue weighted by Crippen LogP contribution is -2.19. The van der Waals surface area contributed by atoms with Crippen LogP contribution in [0.2, 0.25) is 0 Å². The van der Waals surface area contributed by atoms with Crippen LogP contribution < -0.4 is 5.56 Å². The monoisotopic (exact) mass is 224 g/mol. The van der Waals surface area contributed by atoms with E-state index in [1.54, 1.807) is 10.8 Å². The Labute approximate surface area is 98.3 Å². The lowest BCUT2D eigenvalue weighted by molar-refractivity contribution is 0.768. The first-order valence-electron chi connectivity index (χ1n) is 5.55. The van der Waals surface area contributed by atoms with Crippen molar-refractivity contribution in [3.05, 3.63) is 70.8 Å². The molecule has 0 saturated heterocycles. The molecule has 0 aliphatic carbocycles. The molecule has 0 atom stereocenters. The number of H-pyrrole nitrogens is 1. The molecule has 3 aromatic rings. The maximum Gasteiger partial charge on any atom is 0.260 e. The first kappa shape index (κ1) is 9.90. The molecule has 0 spiro atoms. The fourth-order valence-electron chi connectivity index (χ4n) is 2.00. The fourth-order valence-corrected chi connectivity index (χ4v) is 2.00. The number of aromatic amines is 1. The van der Waals surface area contributed by atoms with Crippen LogP contribution in [-0.4, -0.2) is 9.55 Å². The van der Waals surface area contributed by atoms with Gasteiger partial charge in [-0.25, -0.2) is 0 Å². The summed E-state index contributed by atoms with van der Waals surface area (Å²) in [6.07, 6.45) is 3.62. The van der Waals surface area contributed by atoms with Crippen LogP contribution in [-0.2, 0) is 6.54 Å². The Morgan fingerprint density at radius 2 is 1.88 bits per heavy atom. The van der Waals surface area contributed by atoms with Crippen LogP contribution in [0.25, 0.3) is 10.9 Å². The minimum absolute atomic E-state index is 0.0487. The van der Waals surface area contributed by atoms with Gasteiger partial charge in [0, 0.05) is 12.4 Å². The molecule has 2 aromatic heterocycles. The van der Waals surface area contributed by atoms with Gasteiger partial charge in [0.05, 0.1) is 17.4 Å². The van der Waals surface area contributed by atoms with E-state index in [2.05, 4.69) is 4.98 Å². The van der Waals surface area contributed by atoms with E-state index < -0.39 is 0 Å². The molecule has 0 saturated carbocycles. The largest absolute Gasteiger partial charge is 0.361 e. The molecule has 3 heteroatoms. The van der Waals surface area contributed by atoms with E-state index in [4.69, 9.17) is 0 Å². The van der Waals surface area contributed by atoms with Crippen molar-refractivity contribution < 1.29 is 0 Å². The molecule has 1 aromatic carbocycles. The molecule has 3 nitrogen and oxygen atoms in total. The summed E-state index contributed by atoms with van der Waals surface area (Å²) in [4.78, 5) is 15.2. The number of hydrogen-bond donors (Lipinski definition) is 1. The van der Waals surface area contributed by atoms with Crippen molar-refractivity contribution in [3.8, 4) is 0 Å². The van der Waals surface area contributed by atoms with Gasteiger partial charge < -0.3 is 9.55 Å². The second-order valence-electron chi connectivity index (χ2n) is 4.04. The SMILES string of the molecule is O=c1c2cc[nH]c2ccn1Cc1ccccc1. The standard InChI is InChI=1S/C14H12N2O/c17-14-12-6-8-15-13(12)7-9-16(14)10-11-4-2-1-3-5-11/h1-9,15H,10H2. The van der Waals surface area contributed by atoms with Crippen molar-refractivity contribution in [2.45, 2.75) is 6.54 Å². The van der Waals surface area contributed by atoms with Gasteiger partial charge >= 0.3 is 0 Å². The number of aromatic nitrogens is 2. The third kappa shape index (κ3) is 1.76. The lowest BCUT2D eigenvalue weighted by atomic mass is 10.2. The maximum absolute atomic E-state index is 12.1. The van der Waals surface area contributed by atoms with E-state index in [1.807, 2.05) is 48.7 Å². The van der Waals surface area contributed by atoms with Gasteiger partial charge in [-0.15, -0.1) is 0 Å². The highest BCUT2D eigenvalue weighted by atomic mass is 16.1. The molecular weight excluding hydrogens is 212 g/mol. The first-order valence-corrected chi connectivity index (χ1v) is 5.55. The number of nitrogens with zero attached hydrogens (tertiary/aromatic N) is 1. The molecule has 0 aliphatic heterocycles. The van der Waals surface area contributed by atoms with Crippen molar-refractivity contribution in [1.82, 2.24) is 9.55 Å². The Morgan fingerprint density at radius 1 is 1.06 bits per heavy atom. The van der Waals surface area contributed by atoms with Crippen LogP contribution in [0.4, 0.5) is 0 Å². The van der Waals surface area contributed by atoms with Gasteiger partial charge in [-0.3, -0.25) is 4.79 Å². The number of fused-ring (bicyclic) bond motifs is 1. The summed E-state index contributed by atoms with van der Waals surface area (Å²) in [5, 5.41) is 0.739. The second kappa shape index (κ2) is 3.94. The number of hydrogen-bond acceptors (Lipinski definition) is 1. The second-order valence-corrected chi connectivity index (χ2v) is 4.04. The van der Waals surface area contributed by atoms with Crippen LogP contribution in [0, 0.1) is 0 Å². The summed E-state index contributed by atoms with van der Waals surface area (Å²) in [7, 11) is 0. The minimum atomic E-state index is 0.0487. The van der Waals surface area contributed by atoms with Crippen molar-refractivity contribution in [1.29, 1.82) is 0 Å². The molecule has 2 heterocycles. The zero-order valence-electron chi connectivity index (χ0n) is 9.26. The van der Waals surface area contributed by atoms with Crippen LogP contribution >= 0.6 is 0 Å². The molecular formula is C14H12N2O. The Morgan fingerprint density at radius 3 is 2.71 bits per heavy atom. The fraction of sp³-hybridized carbons (Fsp3) is 0.0714. The average Bonchev–Trinajstić information content (AvgIpc) is 2.83. The number of pyridine rings is 1. The Kier molecular flexibility index (Phi) is 2.29. The van der Waals surface area contributed by atoms with Crippen LogP contribution in [0.15, 0.2) is 59.7 Å². The Bertz CT molecular complexity index is 695. The molecule has 0 amide bonds. The topological polar surface area (TPSA) is 37.8 Å². The summed E-state index contributed by atoms with van der Waals surface area (Å²) in [5.41, 5.74) is 2.07. The molecule has 1 N–H and O–H groups in total. The maximum atomic E-state index is 12.1. The quantitative estimate of drug-likeness (QED) is 0.713. The molecule has 0 radical (unpaired) electrons. The van der Waals surface area contributed by atoms with E-state index in [0.717, 1.165) is 16.5 Å². The molecule has 0 unspecified atom stereocenters.